The van der Waals surface area contributed by atoms with E-state index in [1.807, 2.05) is 0 Å². The lowest BCUT2D eigenvalue weighted by molar-refractivity contribution is -0.141. The summed E-state index contributed by atoms with van der Waals surface area (Å²) in [5, 5.41) is 0. The van der Waals surface area contributed by atoms with Crippen molar-refractivity contribution >= 4 is 5.91 Å². The largest absolute Gasteiger partial charge is 0.433 e. The highest BCUT2D eigenvalue weighted by Gasteiger charge is 2.33. The summed E-state index contributed by atoms with van der Waals surface area (Å²) in [6.07, 6.45) is -3.35. The first kappa shape index (κ1) is 21.8. The van der Waals surface area contributed by atoms with Gasteiger partial charge in [0.05, 0.1) is 11.4 Å². The summed E-state index contributed by atoms with van der Waals surface area (Å²) in [4.78, 5) is 25.0. The number of amides is 1. The lowest BCUT2D eigenvalue weighted by Gasteiger charge is -2.29. The third kappa shape index (κ3) is 4.42. The van der Waals surface area contributed by atoms with Crippen LogP contribution in [0.25, 0.3) is 11.1 Å². The Kier molecular flexibility index (Phi) is 5.59. The topological polar surface area (TPSA) is 85.0 Å². The molecule has 4 rings (SSSR count). The van der Waals surface area contributed by atoms with Crippen LogP contribution >= 0.6 is 0 Å². The minimum absolute atomic E-state index is 0.0910. The SMILES string of the molecule is NC(=O)c1cc(-c2ccc(F)cc2F)c2c(n1)CN(Cc1cc(C(F)(F)F)ncn1)CC2. The summed E-state index contributed by atoms with van der Waals surface area (Å²) in [6, 6.07) is 5.37. The molecule has 0 aliphatic carbocycles. The molecule has 6 nitrogen and oxygen atoms in total. The van der Waals surface area contributed by atoms with Crippen LogP contribution in [0.4, 0.5) is 22.0 Å². The monoisotopic (exact) mass is 449 g/mol. The van der Waals surface area contributed by atoms with E-state index >= 15 is 0 Å². The van der Waals surface area contributed by atoms with Crippen molar-refractivity contribution in [3.05, 3.63) is 76.6 Å². The molecule has 1 amide bonds. The summed E-state index contributed by atoms with van der Waals surface area (Å²) >= 11 is 0. The highest BCUT2D eigenvalue weighted by molar-refractivity contribution is 5.92. The molecule has 2 aromatic heterocycles. The number of fused-ring (bicyclic) bond motifs is 1. The fourth-order valence-corrected chi connectivity index (χ4v) is 3.67. The van der Waals surface area contributed by atoms with Crippen LogP contribution in [-0.4, -0.2) is 32.3 Å². The van der Waals surface area contributed by atoms with Crippen LogP contribution in [0.1, 0.15) is 33.1 Å². The number of alkyl halides is 3. The van der Waals surface area contributed by atoms with Gasteiger partial charge in [-0.1, -0.05) is 0 Å². The van der Waals surface area contributed by atoms with E-state index in [0.29, 0.717) is 29.8 Å². The predicted molar refractivity (Wildman–Crippen MR) is 103 cm³/mol. The van der Waals surface area contributed by atoms with E-state index < -0.39 is 29.4 Å². The molecule has 0 unspecified atom stereocenters. The Morgan fingerprint density at radius 2 is 1.88 bits per heavy atom. The van der Waals surface area contributed by atoms with Crippen molar-refractivity contribution in [3.8, 4) is 11.1 Å². The van der Waals surface area contributed by atoms with Crippen LogP contribution in [0.15, 0.2) is 36.7 Å². The molecule has 0 fully saturated rings. The van der Waals surface area contributed by atoms with Gasteiger partial charge in [0.15, 0.2) is 0 Å². The molecule has 1 aliphatic heterocycles. The molecule has 1 aromatic carbocycles. The van der Waals surface area contributed by atoms with Crippen LogP contribution in [0, 0.1) is 11.6 Å². The lowest BCUT2D eigenvalue weighted by atomic mass is 9.92. The number of carbonyl (C=O) groups excluding carboxylic acids is 1. The van der Waals surface area contributed by atoms with Crippen molar-refractivity contribution in [2.75, 3.05) is 6.54 Å². The third-order valence-electron chi connectivity index (χ3n) is 5.13. The van der Waals surface area contributed by atoms with Gasteiger partial charge in [-0.15, -0.1) is 0 Å². The zero-order chi connectivity index (χ0) is 23.0. The Labute approximate surface area is 178 Å². The van der Waals surface area contributed by atoms with Crippen molar-refractivity contribution in [3.63, 3.8) is 0 Å². The number of hydrogen-bond acceptors (Lipinski definition) is 5. The molecule has 0 bridgehead atoms. The zero-order valence-electron chi connectivity index (χ0n) is 16.5. The average molecular weight is 449 g/mol. The maximum Gasteiger partial charge on any atom is 0.433 e. The van der Waals surface area contributed by atoms with Crippen molar-refractivity contribution in [2.45, 2.75) is 25.7 Å². The molecule has 0 saturated carbocycles. The number of halogens is 5. The van der Waals surface area contributed by atoms with Gasteiger partial charge in [-0.2, -0.15) is 13.2 Å². The Morgan fingerprint density at radius 3 is 2.56 bits per heavy atom. The Bertz CT molecular complexity index is 1200. The Morgan fingerprint density at radius 1 is 1.09 bits per heavy atom. The molecule has 32 heavy (non-hydrogen) atoms. The van der Waals surface area contributed by atoms with Crippen molar-refractivity contribution < 1.29 is 26.7 Å². The van der Waals surface area contributed by atoms with Gasteiger partial charge in [-0.05, 0) is 41.8 Å². The van der Waals surface area contributed by atoms with Gasteiger partial charge in [0.25, 0.3) is 5.91 Å². The van der Waals surface area contributed by atoms with E-state index in [4.69, 9.17) is 5.73 Å². The number of nitrogens with zero attached hydrogens (tertiary/aromatic N) is 4. The maximum absolute atomic E-state index is 14.4. The number of rotatable bonds is 4. The molecule has 0 saturated heterocycles. The van der Waals surface area contributed by atoms with Crippen molar-refractivity contribution in [1.82, 2.24) is 19.9 Å². The van der Waals surface area contributed by atoms with Gasteiger partial charge in [0.1, 0.15) is 29.3 Å². The first-order valence-corrected chi connectivity index (χ1v) is 9.50. The molecule has 0 spiro atoms. The molecule has 3 heterocycles. The number of benzene rings is 1. The summed E-state index contributed by atoms with van der Waals surface area (Å²) in [5.41, 5.74) is 6.01. The smallest absolute Gasteiger partial charge is 0.364 e. The lowest BCUT2D eigenvalue weighted by Crippen LogP contribution is -2.32. The number of carbonyl (C=O) groups is 1. The normalized spacial score (nSPS) is 14.3. The molecule has 3 aromatic rings. The van der Waals surface area contributed by atoms with Crippen molar-refractivity contribution in [2.24, 2.45) is 5.73 Å². The number of nitrogens with two attached hydrogens (primary N) is 1. The van der Waals surface area contributed by atoms with Gasteiger partial charge in [-0.25, -0.2) is 23.7 Å². The van der Waals surface area contributed by atoms with E-state index in [2.05, 4.69) is 15.0 Å². The summed E-state index contributed by atoms with van der Waals surface area (Å²) in [5.74, 6) is -2.35. The number of aromatic nitrogens is 3. The fraction of sp³-hybridized carbons (Fsp3) is 0.238. The first-order chi connectivity index (χ1) is 15.1. The second-order valence-electron chi connectivity index (χ2n) is 7.32. The van der Waals surface area contributed by atoms with E-state index in [9.17, 15) is 26.7 Å². The quantitative estimate of drug-likeness (QED) is 0.617. The standard InChI is InChI=1S/C21H16F5N5O/c22-11-1-2-13(16(23)5-11)15-7-17(20(27)32)30-18-9-31(4-3-14(15)18)8-12-6-19(21(24,25)26)29-10-28-12/h1-2,5-7,10H,3-4,8-9H2,(H2,27,32). The van der Waals surface area contributed by atoms with E-state index in [1.54, 1.807) is 4.90 Å². The van der Waals surface area contributed by atoms with E-state index in [-0.39, 0.29) is 30.0 Å². The van der Waals surface area contributed by atoms with Crippen LogP contribution in [0.5, 0.6) is 0 Å². The van der Waals surface area contributed by atoms with Gasteiger partial charge >= 0.3 is 6.18 Å². The maximum atomic E-state index is 14.4. The molecule has 166 valence electrons. The van der Waals surface area contributed by atoms with Gasteiger partial charge < -0.3 is 5.73 Å². The zero-order valence-corrected chi connectivity index (χ0v) is 16.5. The van der Waals surface area contributed by atoms with Gasteiger partial charge in [-0.3, -0.25) is 9.69 Å². The summed E-state index contributed by atoms with van der Waals surface area (Å²) in [7, 11) is 0. The van der Waals surface area contributed by atoms with Crippen LogP contribution < -0.4 is 5.73 Å². The molecule has 2 N–H and O–H groups in total. The summed E-state index contributed by atoms with van der Waals surface area (Å²) in [6.45, 7) is 0.692. The predicted octanol–water partition coefficient (Wildman–Crippen LogP) is 3.49. The fourth-order valence-electron chi connectivity index (χ4n) is 3.67. The number of pyridine rings is 1. The molecule has 11 heteroatoms. The van der Waals surface area contributed by atoms with Crippen LogP contribution in [0.3, 0.4) is 0 Å². The van der Waals surface area contributed by atoms with Gasteiger partial charge in [0, 0.05) is 31.3 Å². The summed E-state index contributed by atoms with van der Waals surface area (Å²) < 4.78 is 66.5. The third-order valence-corrected chi connectivity index (χ3v) is 5.13. The first-order valence-electron chi connectivity index (χ1n) is 9.50. The average Bonchev–Trinajstić information content (AvgIpc) is 2.72. The molecule has 0 atom stereocenters. The molecule has 1 aliphatic rings. The van der Waals surface area contributed by atoms with Gasteiger partial charge in [0.2, 0.25) is 0 Å². The highest BCUT2D eigenvalue weighted by Crippen LogP contribution is 2.33. The highest BCUT2D eigenvalue weighted by atomic mass is 19.4. The molecular formula is C21H16F5N5O. The number of primary amides is 1. The van der Waals surface area contributed by atoms with Crippen LogP contribution in [-0.2, 0) is 25.7 Å². The van der Waals surface area contributed by atoms with Crippen molar-refractivity contribution in [1.29, 1.82) is 0 Å². The number of hydrogen-bond donors (Lipinski definition) is 1. The second kappa shape index (κ2) is 8.23. The Balaban J connectivity index is 1.67. The molecule has 0 radical (unpaired) electrons. The van der Waals surface area contributed by atoms with E-state index in [1.165, 1.54) is 12.1 Å². The minimum atomic E-state index is -4.59. The molecular weight excluding hydrogens is 433 g/mol. The van der Waals surface area contributed by atoms with Crippen LogP contribution in [0.2, 0.25) is 0 Å². The Hall–Kier alpha value is -3.47. The minimum Gasteiger partial charge on any atom is -0.364 e. The second-order valence-corrected chi connectivity index (χ2v) is 7.32. The van der Waals surface area contributed by atoms with E-state index in [0.717, 1.165) is 24.5 Å².